The molecular weight excluding hydrogens is 462 g/mol. The summed E-state index contributed by atoms with van der Waals surface area (Å²) in [5.74, 6) is 0.228. The molecule has 2 aliphatic carbocycles. The van der Waals surface area contributed by atoms with Gasteiger partial charge in [0.15, 0.2) is 0 Å². The third kappa shape index (κ3) is 6.51. The Hall–Kier alpha value is -2.92. The molecule has 2 aromatic rings. The van der Waals surface area contributed by atoms with Crippen molar-refractivity contribution in [3.8, 4) is 0 Å². The van der Waals surface area contributed by atoms with Crippen molar-refractivity contribution in [2.45, 2.75) is 89.9 Å². The third-order valence-electron chi connectivity index (χ3n) is 8.36. The van der Waals surface area contributed by atoms with E-state index in [1.807, 2.05) is 69.3 Å². The quantitative estimate of drug-likeness (QED) is 0.349. The van der Waals surface area contributed by atoms with Crippen LogP contribution in [0, 0.1) is 18.8 Å². The first-order valence-corrected chi connectivity index (χ1v) is 13.6. The Labute approximate surface area is 221 Å². The molecule has 1 amide bonds. The van der Waals surface area contributed by atoms with Crippen LogP contribution in [0.4, 0.5) is 0 Å². The maximum atomic E-state index is 13.7. The number of amides is 1. The molecular formula is C32H41NO4. The molecule has 0 aliphatic heterocycles. The molecule has 2 bridgehead atoms. The summed E-state index contributed by atoms with van der Waals surface area (Å²) >= 11 is 0. The van der Waals surface area contributed by atoms with Gasteiger partial charge in [-0.25, -0.2) is 4.79 Å². The average molecular weight is 504 g/mol. The van der Waals surface area contributed by atoms with Gasteiger partial charge in [-0.3, -0.25) is 4.79 Å². The molecule has 4 rings (SSSR count). The predicted molar refractivity (Wildman–Crippen MR) is 147 cm³/mol. The number of hydrogen-bond donors (Lipinski definition) is 2. The fraction of sp³-hybridized carbons (Fsp3) is 0.500. The van der Waals surface area contributed by atoms with Crippen LogP contribution in [0.2, 0.25) is 0 Å². The monoisotopic (exact) mass is 503 g/mol. The lowest BCUT2D eigenvalue weighted by Gasteiger charge is -2.50. The minimum Gasteiger partial charge on any atom is -0.458 e. The highest BCUT2D eigenvalue weighted by Crippen LogP contribution is 2.46. The lowest BCUT2D eigenvalue weighted by Crippen LogP contribution is -2.58. The van der Waals surface area contributed by atoms with Gasteiger partial charge in [0, 0.05) is 12.1 Å². The zero-order chi connectivity index (χ0) is 26.6. The number of nitrogens with one attached hydrogen (secondary N) is 1. The fourth-order valence-corrected chi connectivity index (χ4v) is 6.19. The van der Waals surface area contributed by atoms with Crippen LogP contribution in [-0.4, -0.2) is 28.6 Å². The number of rotatable bonds is 8. The number of carbonyl (C=O) groups is 2. The number of fused-ring (bicyclic) bond motifs is 2. The van der Waals surface area contributed by atoms with Crippen molar-refractivity contribution in [2.24, 2.45) is 11.8 Å². The molecule has 2 N–H and O–H groups in total. The van der Waals surface area contributed by atoms with Crippen LogP contribution in [0.25, 0.3) is 6.08 Å². The maximum Gasteiger partial charge on any atom is 0.331 e. The second-order valence-electron chi connectivity index (χ2n) is 11.6. The van der Waals surface area contributed by atoms with Gasteiger partial charge in [-0.05, 0) is 81.1 Å². The van der Waals surface area contributed by atoms with E-state index in [-0.39, 0.29) is 18.6 Å². The van der Waals surface area contributed by atoms with E-state index in [2.05, 4.69) is 12.2 Å². The van der Waals surface area contributed by atoms with Gasteiger partial charge < -0.3 is 15.2 Å². The summed E-state index contributed by atoms with van der Waals surface area (Å²) in [6.07, 6.45) is 8.65. The van der Waals surface area contributed by atoms with Crippen LogP contribution < -0.4 is 5.32 Å². The Kier molecular flexibility index (Phi) is 8.23. The molecule has 198 valence electrons. The van der Waals surface area contributed by atoms with Crippen LogP contribution in [-0.2, 0) is 26.3 Å². The van der Waals surface area contributed by atoms with Crippen molar-refractivity contribution in [1.29, 1.82) is 0 Å². The van der Waals surface area contributed by atoms with Crippen LogP contribution in [0.1, 0.15) is 81.5 Å². The van der Waals surface area contributed by atoms with Gasteiger partial charge >= 0.3 is 5.97 Å². The van der Waals surface area contributed by atoms with Gasteiger partial charge in [0.1, 0.15) is 6.61 Å². The molecule has 0 unspecified atom stereocenters. The van der Waals surface area contributed by atoms with E-state index in [1.54, 1.807) is 6.08 Å². The smallest absolute Gasteiger partial charge is 0.331 e. The molecule has 5 heteroatoms. The number of esters is 1. The highest BCUT2D eigenvalue weighted by atomic mass is 16.5. The van der Waals surface area contributed by atoms with E-state index >= 15 is 0 Å². The zero-order valence-electron chi connectivity index (χ0n) is 22.6. The summed E-state index contributed by atoms with van der Waals surface area (Å²) in [5, 5.41) is 14.4. The van der Waals surface area contributed by atoms with Crippen molar-refractivity contribution in [1.82, 2.24) is 5.32 Å². The van der Waals surface area contributed by atoms with Gasteiger partial charge in [-0.15, -0.1) is 0 Å². The Bertz CT molecular complexity index is 1140. The highest BCUT2D eigenvalue weighted by Gasteiger charge is 2.48. The van der Waals surface area contributed by atoms with E-state index in [1.165, 1.54) is 6.08 Å². The van der Waals surface area contributed by atoms with Gasteiger partial charge in [-0.1, -0.05) is 73.9 Å². The minimum atomic E-state index is -0.747. The molecule has 2 fully saturated rings. The number of benzene rings is 2. The molecule has 2 aliphatic rings. The van der Waals surface area contributed by atoms with Crippen molar-refractivity contribution in [2.75, 3.05) is 0 Å². The topological polar surface area (TPSA) is 75.6 Å². The van der Waals surface area contributed by atoms with Crippen LogP contribution >= 0.6 is 0 Å². The molecule has 0 saturated heterocycles. The Balaban J connectivity index is 1.45. The van der Waals surface area contributed by atoms with Crippen LogP contribution in [0.15, 0.2) is 54.6 Å². The summed E-state index contributed by atoms with van der Waals surface area (Å²) in [4.78, 5) is 25.9. The SMILES string of the molecule is CC[C@@H]1C[C@]2(O)CCC[C@@H](C2)[C@@H]1NC(=O)C(C)(C)c1cc(C)cc(/C=C/C(=O)OCc2ccccc2)c1. The summed E-state index contributed by atoms with van der Waals surface area (Å²) in [6, 6.07) is 15.7. The van der Waals surface area contributed by atoms with Crippen LogP contribution in [0.3, 0.4) is 0 Å². The summed E-state index contributed by atoms with van der Waals surface area (Å²) in [5.41, 5.74) is 2.43. The van der Waals surface area contributed by atoms with Crippen molar-refractivity contribution < 1.29 is 19.4 Å². The second-order valence-corrected chi connectivity index (χ2v) is 11.6. The van der Waals surface area contributed by atoms with Crippen molar-refractivity contribution in [3.05, 3.63) is 76.9 Å². The van der Waals surface area contributed by atoms with E-state index in [4.69, 9.17) is 4.74 Å². The minimum absolute atomic E-state index is 0.00904. The number of ether oxygens (including phenoxy) is 1. The lowest BCUT2D eigenvalue weighted by atomic mass is 9.62. The Morgan fingerprint density at radius 1 is 1.16 bits per heavy atom. The van der Waals surface area contributed by atoms with E-state index in [0.29, 0.717) is 11.8 Å². The van der Waals surface area contributed by atoms with Crippen LogP contribution in [0.5, 0.6) is 0 Å². The predicted octanol–water partition coefficient (Wildman–Crippen LogP) is 5.87. The first-order chi connectivity index (χ1) is 17.6. The molecule has 5 nitrogen and oxygen atoms in total. The fourth-order valence-electron chi connectivity index (χ4n) is 6.19. The third-order valence-corrected chi connectivity index (χ3v) is 8.36. The summed E-state index contributed by atoms with van der Waals surface area (Å²) in [7, 11) is 0. The largest absolute Gasteiger partial charge is 0.458 e. The molecule has 2 saturated carbocycles. The van der Waals surface area contributed by atoms with Gasteiger partial charge in [-0.2, -0.15) is 0 Å². The average Bonchev–Trinajstić information content (AvgIpc) is 2.87. The molecule has 37 heavy (non-hydrogen) atoms. The van der Waals surface area contributed by atoms with Gasteiger partial charge in [0.25, 0.3) is 0 Å². The van der Waals surface area contributed by atoms with Crippen molar-refractivity contribution >= 4 is 18.0 Å². The molecule has 4 atom stereocenters. The molecule has 0 radical (unpaired) electrons. The zero-order valence-corrected chi connectivity index (χ0v) is 22.6. The number of aliphatic hydroxyl groups is 1. The lowest BCUT2D eigenvalue weighted by molar-refractivity contribution is -0.138. The van der Waals surface area contributed by atoms with Crippen molar-refractivity contribution in [3.63, 3.8) is 0 Å². The van der Waals surface area contributed by atoms with E-state index in [9.17, 15) is 14.7 Å². The molecule has 0 aromatic heterocycles. The first-order valence-electron chi connectivity index (χ1n) is 13.6. The van der Waals surface area contributed by atoms with E-state index < -0.39 is 17.0 Å². The van der Waals surface area contributed by atoms with Gasteiger partial charge in [0.2, 0.25) is 5.91 Å². The highest BCUT2D eigenvalue weighted by molar-refractivity contribution is 5.89. The van der Waals surface area contributed by atoms with E-state index in [0.717, 1.165) is 60.8 Å². The molecule has 2 aromatic carbocycles. The normalized spacial score (nSPS) is 25.6. The Morgan fingerprint density at radius 2 is 1.92 bits per heavy atom. The maximum absolute atomic E-state index is 13.7. The summed E-state index contributed by atoms with van der Waals surface area (Å²) in [6.45, 7) is 8.30. The Morgan fingerprint density at radius 3 is 2.65 bits per heavy atom. The number of hydrogen-bond acceptors (Lipinski definition) is 4. The first kappa shape index (κ1) is 27.1. The number of aryl methyl sites for hydroxylation is 1. The molecule has 0 heterocycles. The van der Waals surface area contributed by atoms with Gasteiger partial charge in [0.05, 0.1) is 11.0 Å². The second kappa shape index (κ2) is 11.2. The summed E-state index contributed by atoms with van der Waals surface area (Å²) < 4.78 is 5.35. The molecule has 0 spiro atoms. The number of carbonyl (C=O) groups excluding carboxylic acids is 2. The standard InChI is InChI=1S/C32H41NO4/c1-5-25-19-32(36)15-9-12-26(20-32)29(25)33-30(35)31(3,4)27-17-22(2)16-24(18-27)13-14-28(34)37-21-23-10-7-6-8-11-23/h6-8,10-11,13-14,16-18,25-26,29,36H,5,9,12,15,19-21H2,1-4H3,(H,33,35)/b14-13+/t25-,26+,29-,32-/m1/s1.